The maximum atomic E-state index is 12.6. The number of methoxy groups -OCH3 is 1. The fraction of sp³-hybridized carbons (Fsp3) is 0.417. The van der Waals surface area contributed by atoms with Crippen molar-refractivity contribution in [3.63, 3.8) is 0 Å². The summed E-state index contributed by atoms with van der Waals surface area (Å²) in [5.74, 6) is 0.333. The minimum absolute atomic E-state index is 0.122. The van der Waals surface area contributed by atoms with Gasteiger partial charge in [-0.3, -0.25) is 5.41 Å². The smallest absolute Gasteiger partial charge is 0.385 e. The second kappa shape index (κ2) is 6.81. The van der Waals surface area contributed by atoms with Crippen molar-refractivity contribution in [3.05, 3.63) is 29.3 Å². The van der Waals surface area contributed by atoms with Crippen LogP contribution in [0.5, 0.6) is 0 Å². The molecule has 0 saturated carbocycles. The van der Waals surface area contributed by atoms with Crippen molar-refractivity contribution < 1.29 is 17.9 Å². The molecule has 1 aromatic rings. The predicted octanol–water partition coefficient (Wildman–Crippen LogP) is 3.12. The summed E-state index contributed by atoms with van der Waals surface area (Å²) in [6, 6.07) is 3.28. The molecule has 0 aliphatic heterocycles. The van der Waals surface area contributed by atoms with Crippen molar-refractivity contribution in [2.75, 3.05) is 19.5 Å². The molecule has 0 bridgehead atoms. The van der Waals surface area contributed by atoms with Crippen LogP contribution in [0.4, 0.5) is 13.2 Å². The first kappa shape index (κ1) is 15.8. The molecule has 0 unspecified atom stereocenters. The molecule has 0 aliphatic rings. The van der Waals surface area contributed by atoms with E-state index in [9.17, 15) is 13.2 Å². The van der Waals surface area contributed by atoms with Crippen molar-refractivity contribution in [1.82, 2.24) is 0 Å². The van der Waals surface area contributed by atoms with Gasteiger partial charge >= 0.3 is 6.18 Å². The van der Waals surface area contributed by atoms with Gasteiger partial charge in [0.1, 0.15) is 5.84 Å². The Morgan fingerprint density at radius 2 is 2.11 bits per heavy atom. The van der Waals surface area contributed by atoms with Gasteiger partial charge in [-0.1, -0.05) is 0 Å². The van der Waals surface area contributed by atoms with Crippen LogP contribution in [0.3, 0.4) is 0 Å². The molecule has 0 aliphatic carbocycles. The van der Waals surface area contributed by atoms with Crippen LogP contribution in [0.25, 0.3) is 0 Å². The minimum Gasteiger partial charge on any atom is -0.385 e. The number of rotatable bonds is 6. The van der Waals surface area contributed by atoms with E-state index in [0.29, 0.717) is 17.3 Å². The first-order valence-corrected chi connectivity index (χ1v) is 6.52. The standard InChI is InChI=1S/C12H15F3N2OS/c1-18-5-2-6-19-10-4-3-8(12(13,14)15)7-9(10)11(16)17/h3-4,7H,2,5-6H2,1H3,(H3,16,17). The lowest BCUT2D eigenvalue weighted by Crippen LogP contribution is -2.15. The molecule has 0 heterocycles. The van der Waals surface area contributed by atoms with Gasteiger partial charge in [-0.25, -0.2) is 0 Å². The number of halogens is 3. The highest BCUT2D eigenvalue weighted by Crippen LogP contribution is 2.33. The molecule has 19 heavy (non-hydrogen) atoms. The van der Waals surface area contributed by atoms with Crippen LogP contribution in [0.1, 0.15) is 17.5 Å². The van der Waals surface area contributed by atoms with Gasteiger partial charge in [0.15, 0.2) is 0 Å². The molecule has 3 nitrogen and oxygen atoms in total. The third-order valence-corrected chi connectivity index (χ3v) is 3.51. The number of nitrogens with two attached hydrogens (primary N) is 1. The number of alkyl halides is 3. The average Bonchev–Trinajstić information content (AvgIpc) is 2.33. The Kier molecular flexibility index (Phi) is 5.68. The normalized spacial score (nSPS) is 11.6. The summed E-state index contributed by atoms with van der Waals surface area (Å²) >= 11 is 1.37. The molecule has 106 valence electrons. The number of nitrogen functional groups attached to an aromatic ring is 1. The lowest BCUT2D eigenvalue weighted by Gasteiger charge is -2.12. The Morgan fingerprint density at radius 3 is 2.63 bits per heavy atom. The third-order valence-electron chi connectivity index (χ3n) is 2.35. The number of hydrogen-bond acceptors (Lipinski definition) is 3. The number of nitrogens with one attached hydrogen (secondary N) is 1. The van der Waals surface area contributed by atoms with E-state index in [-0.39, 0.29) is 11.4 Å². The van der Waals surface area contributed by atoms with Gasteiger partial charge in [0.2, 0.25) is 0 Å². The summed E-state index contributed by atoms with van der Waals surface area (Å²) < 4.78 is 42.6. The van der Waals surface area contributed by atoms with E-state index in [2.05, 4.69) is 0 Å². The van der Waals surface area contributed by atoms with Crippen molar-refractivity contribution >= 4 is 17.6 Å². The molecule has 0 atom stereocenters. The van der Waals surface area contributed by atoms with Gasteiger partial charge in [-0.05, 0) is 24.6 Å². The second-order valence-corrected chi connectivity index (χ2v) is 4.95. The van der Waals surface area contributed by atoms with E-state index >= 15 is 0 Å². The molecule has 7 heteroatoms. The lowest BCUT2D eigenvalue weighted by atomic mass is 10.1. The fourth-order valence-corrected chi connectivity index (χ4v) is 2.40. The fourth-order valence-electron chi connectivity index (χ4n) is 1.43. The van der Waals surface area contributed by atoms with E-state index in [0.717, 1.165) is 18.6 Å². The summed E-state index contributed by atoms with van der Waals surface area (Å²) in [4.78, 5) is 0.580. The van der Waals surface area contributed by atoms with Crippen LogP contribution in [-0.4, -0.2) is 25.3 Å². The zero-order valence-corrected chi connectivity index (χ0v) is 11.2. The van der Waals surface area contributed by atoms with Crippen LogP contribution < -0.4 is 5.73 Å². The van der Waals surface area contributed by atoms with Gasteiger partial charge in [0.05, 0.1) is 5.56 Å². The van der Waals surface area contributed by atoms with Crippen LogP contribution >= 0.6 is 11.8 Å². The quantitative estimate of drug-likeness (QED) is 0.366. The molecule has 1 rings (SSSR count). The third kappa shape index (κ3) is 4.76. The van der Waals surface area contributed by atoms with Crippen LogP contribution in [-0.2, 0) is 10.9 Å². The SMILES string of the molecule is COCCCSc1ccc(C(F)(F)F)cc1C(=N)N. The number of ether oxygens (including phenoxy) is 1. The predicted molar refractivity (Wildman–Crippen MR) is 69.7 cm³/mol. The maximum absolute atomic E-state index is 12.6. The van der Waals surface area contributed by atoms with Gasteiger partial charge in [0.25, 0.3) is 0 Å². The van der Waals surface area contributed by atoms with E-state index in [1.54, 1.807) is 7.11 Å². The second-order valence-electron chi connectivity index (χ2n) is 3.82. The summed E-state index contributed by atoms with van der Waals surface area (Å²) in [7, 11) is 1.59. The van der Waals surface area contributed by atoms with Crippen molar-refractivity contribution in [1.29, 1.82) is 5.41 Å². The summed E-state index contributed by atoms with van der Waals surface area (Å²) in [6.07, 6.45) is -3.65. The topological polar surface area (TPSA) is 59.1 Å². The lowest BCUT2D eigenvalue weighted by molar-refractivity contribution is -0.137. The summed E-state index contributed by atoms with van der Waals surface area (Å²) in [5, 5.41) is 7.37. The van der Waals surface area contributed by atoms with Crippen LogP contribution in [0.2, 0.25) is 0 Å². The molecule has 0 radical (unpaired) electrons. The van der Waals surface area contributed by atoms with Gasteiger partial charge in [0, 0.05) is 29.9 Å². The summed E-state index contributed by atoms with van der Waals surface area (Å²) in [5.41, 5.74) is 4.66. The minimum atomic E-state index is -4.43. The zero-order valence-electron chi connectivity index (χ0n) is 10.4. The van der Waals surface area contributed by atoms with E-state index in [4.69, 9.17) is 15.9 Å². The van der Waals surface area contributed by atoms with E-state index in [1.807, 2.05) is 0 Å². The number of amidine groups is 1. The molecule has 0 aromatic heterocycles. The van der Waals surface area contributed by atoms with Crippen LogP contribution in [0.15, 0.2) is 23.1 Å². The first-order valence-electron chi connectivity index (χ1n) is 5.53. The monoisotopic (exact) mass is 292 g/mol. The largest absolute Gasteiger partial charge is 0.416 e. The van der Waals surface area contributed by atoms with Gasteiger partial charge in [-0.2, -0.15) is 13.2 Å². The van der Waals surface area contributed by atoms with E-state index < -0.39 is 11.7 Å². The highest BCUT2D eigenvalue weighted by Gasteiger charge is 2.31. The molecule has 1 aromatic carbocycles. The van der Waals surface area contributed by atoms with Crippen molar-refractivity contribution in [3.8, 4) is 0 Å². The van der Waals surface area contributed by atoms with E-state index in [1.165, 1.54) is 17.8 Å². The molecule has 3 N–H and O–H groups in total. The Balaban J connectivity index is 2.90. The molecule has 0 amide bonds. The van der Waals surface area contributed by atoms with Gasteiger partial charge in [-0.15, -0.1) is 11.8 Å². The highest BCUT2D eigenvalue weighted by molar-refractivity contribution is 7.99. The summed E-state index contributed by atoms with van der Waals surface area (Å²) in [6.45, 7) is 0.586. The molecule has 0 saturated heterocycles. The molecular formula is C12H15F3N2OS. The number of benzene rings is 1. The highest BCUT2D eigenvalue weighted by atomic mass is 32.2. The Bertz CT molecular complexity index is 449. The van der Waals surface area contributed by atoms with Crippen molar-refractivity contribution in [2.45, 2.75) is 17.5 Å². The number of thioether (sulfide) groups is 1. The molecular weight excluding hydrogens is 277 g/mol. The first-order chi connectivity index (χ1) is 8.86. The zero-order chi connectivity index (χ0) is 14.5. The van der Waals surface area contributed by atoms with Crippen LogP contribution in [0, 0.1) is 5.41 Å². The average molecular weight is 292 g/mol. The Morgan fingerprint density at radius 1 is 1.42 bits per heavy atom. The number of hydrogen-bond donors (Lipinski definition) is 2. The van der Waals surface area contributed by atoms with Crippen molar-refractivity contribution in [2.24, 2.45) is 5.73 Å². The maximum Gasteiger partial charge on any atom is 0.416 e. The Hall–Kier alpha value is -1.21. The molecule has 0 spiro atoms. The Labute approximate surface area is 113 Å². The molecule has 0 fully saturated rings. The van der Waals surface area contributed by atoms with Gasteiger partial charge < -0.3 is 10.5 Å².